The van der Waals surface area contributed by atoms with Crippen LogP contribution in [0.2, 0.25) is 0 Å². The summed E-state index contributed by atoms with van der Waals surface area (Å²) < 4.78 is 10.2. The number of aromatic nitrogens is 2. The number of hydrogen-bond donors (Lipinski definition) is 1. The second kappa shape index (κ2) is 13.8. The molecule has 4 heterocycles. The molecule has 41 heavy (non-hydrogen) atoms. The highest BCUT2D eigenvalue weighted by molar-refractivity contribution is 9.10. The van der Waals surface area contributed by atoms with E-state index < -0.39 is 5.60 Å². The molecular weight excluding hydrogens is 684 g/mol. The van der Waals surface area contributed by atoms with Crippen molar-refractivity contribution in [1.82, 2.24) is 20.2 Å². The first kappa shape index (κ1) is 30.9. The summed E-state index contributed by atoms with van der Waals surface area (Å²) in [6, 6.07) is 12.6. The number of carbonyl (C=O) groups is 1. The molecule has 2 aliphatic heterocycles. The molecule has 4 aromatic rings. The Labute approximate surface area is 267 Å². The molecule has 10 heteroatoms. The largest absolute Gasteiger partial charge is 0.444 e. The molecule has 2 saturated heterocycles. The summed E-state index contributed by atoms with van der Waals surface area (Å²) in [5.74, 6) is 1.41. The predicted molar refractivity (Wildman–Crippen MR) is 178 cm³/mol. The number of nitrogens with one attached hydrogen (secondary N) is 1. The van der Waals surface area contributed by atoms with Gasteiger partial charge in [-0.05, 0) is 108 Å². The average molecular weight is 723 g/mol. The van der Waals surface area contributed by atoms with Gasteiger partial charge in [-0.2, -0.15) is 0 Å². The zero-order chi connectivity index (χ0) is 29.0. The molecule has 2 aliphatic rings. The number of rotatable bonds is 4. The minimum absolute atomic E-state index is 0.189. The minimum Gasteiger partial charge on any atom is -0.444 e. The molecule has 0 radical (unpaired) electrons. The van der Waals surface area contributed by atoms with Crippen molar-refractivity contribution in [3.63, 3.8) is 0 Å². The molecule has 6 nitrogen and oxygen atoms in total. The van der Waals surface area contributed by atoms with E-state index in [4.69, 9.17) is 14.7 Å². The van der Waals surface area contributed by atoms with E-state index in [9.17, 15) is 4.79 Å². The summed E-state index contributed by atoms with van der Waals surface area (Å²) in [4.78, 5) is 23.4. The average Bonchev–Trinajstić information content (AvgIpc) is 3.51. The Morgan fingerprint density at radius 2 is 1.37 bits per heavy atom. The normalized spacial score (nSPS) is 17.0. The van der Waals surface area contributed by atoms with Crippen molar-refractivity contribution in [2.75, 3.05) is 26.2 Å². The molecule has 0 spiro atoms. The number of likely N-dealkylation sites (tertiary alicyclic amines) is 1. The lowest BCUT2D eigenvalue weighted by Crippen LogP contribution is -2.42. The number of carbonyl (C=O) groups excluding carboxylic acids is 1. The maximum absolute atomic E-state index is 12.1. The van der Waals surface area contributed by atoms with Crippen LogP contribution in [0.4, 0.5) is 4.79 Å². The summed E-state index contributed by atoms with van der Waals surface area (Å²) in [5.41, 5.74) is 1.77. The number of halogens is 2. The number of benzene rings is 2. The van der Waals surface area contributed by atoms with Crippen LogP contribution >= 0.6 is 54.5 Å². The summed E-state index contributed by atoms with van der Waals surface area (Å²) in [6.07, 6.45) is 6.57. The fraction of sp³-hybridized carbons (Fsp3) is 0.516. The summed E-state index contributed by atoms with van der Waals surface area (Å²) in [6.45, 7) is 9.60. The molecular formula is C31H38Br2N4O2S2. The number of hydrogen-bond acceptors (Lipinski definition) is 7. The van der Waals surface area contributed by atoms with E-state index in [2.05, 4.69) is 73.6 Å². The minimum atomic E-state index is -0.427. The van der Waals surface area contributed by atoms with Gasteiger partial charge in [0, 0.05) is 34.9 Å². The van der Waals surface area contributed by atoms with Crippen LogP contribution in [-0.4, -0.2) is 52.7 Å². The number of thiazole rings is 2. The predicted octanol–water partition coefficient (Wildman–Crippen LogP) is 8.85. The maximum Gasteiger partial charge on any atom is 0.410 e. The van der Waals surface area contributed by atoms with E-state index >= 15 is 0 Å². The van der Waals surface area contributed by atoms with Gasteiger partial charge in [-0.25, -0.2) is 14.8 Å². The van der Waals surface area contributed by atoms with E-state index in [1.807, 2.05) is 37.0 Å². The lowest BCUT2D eigenvalue weighted by molar-refractivity contribution is 0.0184. The second-order valence-electron chi connectivity index (χ2n) is 12.0. The van der Waals surface area contributed by atoms with E-state index in [-0.39, 0.29) is 6.09 Å². The topological polar surface area (TPSA) is 67.4 Å². The summed E-state index contributed by atoms with van der Waals surface area (Å²) in [5, 5.41) is 5.90. The van der Waals surface area contributed by atoms with Gasteiger partial charge < -0.3 is 15.0 Å². The second-order valence-corrected chi connectivity index (χ2v) is 16.0. The van der Waals surface area contributed by atoms with Crippen LogP contribution in [0.3, 0.4) is 0 Å². The highest BCUT2D eigenvalue weighted by Gasteiger charge is 2.27. The summed E-state index contributed by atoms with van der Waals surface area (Å²) >= 11 is 10.6. The van der Waals surface area contributed by atoms with Crippen molar-refractivity contribution in [2.24, 2.45) is 11.8 Å². The smallest absolute Gasteiger partial charge is 0.410 e. The molecule has 2 fully saturated rings. The molecule has 0 bridgehead atoms. The molecule has 2 aromatic heterocycles. The number of amides is 1. The van der Waals surface area contributed by atoms with E-state index in [0.717, 1.165) is 64.7 Å². The van der Waals surface area contributed by atoms with Gasteiger partial charge >= 0.3 is 6.09 Å². The van der Waals surface area contributed by atoms with Crippen LogP contribution in [0.5, 0.6) is 0 Å². The molecule has 6 rings (SSSR count). The first-order valence-electron chi connectivity index (χ1n) is 14.4. The van der Waals surface area contributed by atoms with E-state index in [1.165, 1.54) is 45.3 Å². The zero-order valence-corrected chi connectivity index (χ0v) is 28.7. The Kier molecular flexibility index (Phi) is 10.4. The highest BCUT2D eigenvalue weighted by Crippen LogP contribution is 2.30. The fourth-order valence-corrected chi connectivity index (χ4v) is 8.12. The van der Waals surface area contributed by atoms with Crippen LogP contribution < -0.4 is 5.32 Å². The van der Waals surface area contributed by atoms with Crippen LogP contribution in [-0.2, 0) is 17.6 Å². The van der Waals surface area contributed by atoms with Gasteiger partial charge in [-0.1, -0.05) is 31.9 Å². The fourth-order valence-electron chi connectivity index (χ4n) is 5.30. The number of piperidine rings is 2. The van der Waals surface area contributed by atoms with Crippen molar-refractivity contribution in [1.29, 1.82) is 0 Å². The third-order valence-electron chi connectivity index (χ3n) is 7.44. The summed E-state index contributed by atoms with van der Waals surface area (Å²) in [7, 11) is 0. The molecule has 0 unspecified atom stereocenters. The molecule has 220 valence electrons. The quantitative estimate of drug-likeness (QED) is 0.228. The third kappa shape index (κ3) is 8.95. The molecule has 1 amide bonds. The van der Waals surface area contributed by atoms with Crippen LogP contribution in [0.25, 0.3) is 20.4 Å². The molecule has 0 saturated carbocycles. The number of ether oxygens (including phenoxy) is 1. The van der Waals surface area contributed by atoms with Crippen LogP contribution in [0.1, 0.15) is 56.5 Å². The van der Waals surface area contributed by atoms with Crippen molar-refractivity contribution < 1.29 is 9.53 Å². The molecule has 1 N–H and O–H groups in total. The van der Waals surface area contributed by atoms with Gasteiger partial charge in [0.1, 0.15) is 5.60 Å². The first-order valence-corrected chi connectivity index (χ1v) is 17.6. The lowest BCUT2D eigenvalue weighted by Gasteiger charge is -2.33. The van der Waals surface area contributed by atoms with Crippen molar-refractivity contribution in [3.8, 4) is 0 Å². The van der Waals surface area contributed by atoms with Crippen LogP contribution in [0.15, 0.2) is 45.3 Å². The molecule has 0 aliphatic carbocycles. The van der Waals surface area contributed by atoms with E-state index in [1.54, 1.807) is 11.3 Å². The SMILES string of the molecule is Brc1ccc2sc(CC3CCNCC3)nc2c1.CC(C)(C)OC(=O)N1CCC(Cc2nc3cc(Br)ccc3s2)CC1. The van der Waals surface area contributed by atoms with Gasteiger partial charge in [-0.3, -0.25) is 0 Å². The number of fused-ring (bicyclic) bond motifs is 2. The lowest BCUT2D eigenvalue weighted by atomic mass is 9.94. The Morgan fingerprint density at radius 3 is 1.85 bits per heavy atom. The molecule has 2 aromatic carbocycles. The van der Waals surface area contributed by atoms with Crippen LogP contribution in [0, 0.1) is 11.8 Å². The van der Waals surface area contributed by atoms with Crippen molar-refractivity contribution >= 4 is 81.1 Å². The van der Waals surface area contributed by atoms with Crippen molar-refractivity contribution in [3.05, 3.63) is 55.4 Å². The van der Waals surface area contributed by atoms with Gasteiger partial charge in [0.25, 0.3) is 0 Å². The van der Waals surface area contributed by atoms with Gasteiger partial charge in [0.05, 0.1) is 30.4 Å². The van der Waals surface area contributed by atoms with Gasteiger partial charge in [-0.15, -0.1) is 22.7 Å². The maximum atomic E-state index is 12.1. The van der Waals surface area contributed by atoms with Gasteiger partial charge in [0.15, 0.2) is 0 Å². The Bertz CT molecular complexity index is 1470. The standard InChI is InChI=1S/C18H23BrN2O2S.C13H15BrN2S/c1-18(2,3)23-17(22)21-8-6-12(7-9-21)10-16-20-14-11-13(19)4-5-15(14)24-16;14-10-1-2-12-11(8-10)16-13(17-12)7-9-3-5-15-6-4-9/h4-5,11-12H,6-10H2,1-3H3;1-2,8-9,15H,3-7H2. The van der Waals surface area contributed by atoms with Crippen molar-refractivity contribution in [2.45, 2.75) is 64.9 Å². The Morgan fingerprint density at radius 1 is 0.878 bits per heavy atom. The van der Waals surface area contributed by atoms with E-state index in [0.29, 0.717) is 5.92 Å². The Balaban J connectivity index is 0.000000174. The highest BCUT2D eigenvalue weighted by atomic mass is 79.9. The Hall–Kier alpha value is -1.59. The monoisotopic (exact) mass is 720 g/mol. The molecule has 0 atom stereocenters. The first-order chi connectivity index (χ1) is 19.6. The third-order valence-corrected chi connectivity index (χ3v) is 10.5. The van der Waals surface area contributed by atoms with Gasteiger partial charge in [0.2, 0.25) is 0 Å². The zero-order valence-electron chi connectivity index (χ0n) is 23.9. The number of nitrogens with zero attached hydrogens (tertiary/aromatic N) is 3.